The SMILES string of the molecule is O=C(NC(Cc1ccccc1)C1(c2ccccc2)CCNCC1)c1ccccc1. The van der Waals surface area contributed by atoms with Crippen molar-refractivity contribution in [2.24, 2.45) is 0 Å². The summed E-state index contributed by atoms with van der Waals surface area (Å²) in [7, 11) is 0. The van der Waals surface area contributed by atoms with Crippen LogP contribution in [0.25, 0.3) is 0 Å². The zero-order valence-corrected chi connectivity index (χ0v) is 16.7. The van der Waals surface area contributed by atoms with Gasteiger partial charge in [0.25, 0.3) is 5.91 Å². The Balaban J connectivity index is 1.71. The van der Waals surface area contributed by atoms with Gasteiger partial charge < -0.3 is 10.6 Å². The van der Waals surface area contributed by atoms with E-state index in [-0.39, 0.29) is 17.4 Å². The Bertz CT molecular complexity index is 903. The number of rotatable bonds is 6. The van der Waals surface area contributed by atoms with E-state index in [9.17, 15) is 4.79 Å². The molecule has 1 atom stereocenters. The van der Waals surface area contributed by atoms with Gasteiger partial charge in [-0.25, -0.2) is 0 Å². The van der Waals surface area contributed by atoms with Crippen LogP contribution in [0.1, 0.15) is 34.3 Å². The van der Waals surface area contributed by atoms with E-state index < -0.39 is 0 Å². The molecule has 0 bridgehead atoms. The summed E-state index contributed by atoms with van der Waals surface area (Å²) in [6, 6.07) is 30.8. The third-order valence-electron chi connectivity index (χ3n) is 6.14. The van der Waals surface area contributed by atoms with E-state index in [1.54, 1.807) is 0 Å². The minimum absolute atomic E-state index is 0.000342. The third-order valence-corrected chi connectivity index (χ3v) is 6.14. The Hall–Kier alpha value is -2.91. The maximum Gasteiger partial charge on any atom is 0.251 e. The summed E-state index contributed by atoms with van der Waals surface area (Å²) in [5.74, 6) is 0.000342. The summed E-state index contributed by atoms with van der Waals surface area (Å²) in [5, 5.41) is 6.92. The van der Waals surface area contributed by atoms with Crippen molar-refractivity contribution in [1.82, 2.24) is 10.6 Å². The fourth-order valence-corrected chi connectivity index (χ4v) is 4.55. The molecule has 0 aromatic heterocycles. The van der Waals surface area contributed by atoms with Gasteiger partial charge in [-0.3, -0.25) is 4.79 Å². The lowest BCUT2D eigenvalue weighted by Crippen LogP contribution is -2.56. The standard InChI is InChI=1S/C26H28N2O/c29-25(22-12-6-2-7-13-22)28-24(20-21-10-4-1-5-11-21)26(16-18-27-19-17-26)23-14-8-3-9-15-23/h1-15,24,27H,16-20H2,(H,28,29). The molecule has 3 nitrogen and oxygen atoms in total. The summed E-state index contributed by atoms with van der Waals surface area (Å²) < 4.78 is 0. The molecule has 4 rings (SSSR count). The van der Waals surface area contributed by atoms with Crippen molar-refractivity contribution < 1.29 is 4.79 Å². The average Bonchev–Trinajstić information content (AvgIpc) is 2.81. The number of hydrogen-bond donors (Lipinski definition) is 2. The van der Waals surface area contributed by atoms with E-state index in [2.05, 4.69) is 65.2 Å². The highest BCUT2D eigenvalue weighted by Gasteiger charge is 2.42. The van der Waals surface area contributed by atoms with Crippen molar-refractivity contribution in [3.63, 3.8) is 0 Å². The smallest absolute Gasteiger partial charge is 0.251 e. The lowest BCUT2D eigenvalue weighted by molar-refractivity contribution is 0.0898. The maximum atomic E-state index is 13.1. The number of nitrogens with one attached hydrogen (secondary N) is 2. The second kappa shape index (κ2) is 9.06. The molecule has 1 aliphatic heterocycles. The van der Waals surface area contributed by atoms with Crippen LogP contribution in [0.2, 0.25) is 0 Å². The number of hydrogen-bond acceptors (Lipinski definition) is 2. The molecule has 0 spiro atoms. The normalized spacial score (nSPS) is 16.7. The third kappa shape index (κ3) is 4.41. The maximum absolute atomic E-state index is 13.1. The largest absolute Gasteiger partial charge is 0.348 e. The minimum Gasteiger partial charge on any atom is -0.348 e. The molecule has 3 heteroatoms. The van der Waals surface area contributed by atoms with Crippen molar-refractivity contribution in [2.45, 2.75) is 30.7 Å². The highest BCUT2D eigenvalue weighted by atomic mass is 16.1. The van der Waals surface area contributed by atoms with Gasteiger partial charge in [0.15, 0.2) is 0 Å². The molecular weight excluding hydrogens is 356 g/mol. The highest BCUT2D eigenvalue weighted by Crippen LogP contribution is 2.38. The minimum atomic E-state index is -0.0905. The lowest BCUT2D eigenvalue weighted by Gasteiger charge is -2.45. The summed E-state index contributed by atoms with van der Waals surface area (Å²) in [6.07, 6.45) is 2.82. The molecule has 2 N–H and O–H groups in total. The molecule has 0 radical (unpaired) electrons. The van der Waals surface area contributed by atoms with Gasteiger partial charge in [-0.05, 0) is 55.6 Å². The number of benzene rings is 3. The zero-order chi connectivity index (χ0) is 19.9. The van der Waals surface area contributed by atoms with Crippen LogP contribution in [-0.2, 0) is 11.8 Å². The Labute approximate surface area is 173 Å². The second-order valence-electron chi connectivity index (χ2n) is 7.85. The first-order valence-corrected chi connectivity index (χ1v) is 10.4. The van der Waals surface area contributed by atoms with Crippen LogP contribution in [0.3, 0.4) is 0 Å². The molecule has 1 unspecified atom stereocenters. The first-order valence-electron chi connectivity index (χ1n) is 10.4. The first kappa shape index (κ1) is 19.4. The van der Waals surface area contributed by atoms with E-state index in [1.807, 2.05) is 36.4 Å². The Morgan fingerprint density at radius 3 is 2.00 bits per heavy atom. The monoisotopic (exact) mass is 384 g/mol. The van der Waals surface area contributed by atoms with Crippen molar-refractivity contribution >= 4 is 5.91 Å². The van der Waals surface area contributed by atoms with Crippen LogP contribution in [0, 0.1) is 0 Å². The van der Waals surface area contributed by atoms with E-state index in [0.717, 1.165) is 32.4 Å². The molecular formula is C26H28N2O. The van der Waals surface area contributed by atoms with Gasteiger partial charge in [0.2, 0.25) is 0 Å². The Morgan fingerprint density at radius 2 is 1.38 bits per heavy atom. The van der Waals surface area contributed by atoms with Gasteiger partial charge in [-0.15, -0.1) is 0 Å². The molecule has 1 saturated heterocycles. The summed E-state index contributed by atoms with van der Waals surface area (Å²) in [4.78, 5) is 13.1. The van der Waals surface area contributed by atoms with Crippen LogP contribution in [0.15, 0.2) is 91.0 Å². The predicted octanol–water partition coefficient (Wildman–Crippen LogP) is 4.35. The highest BCUT2D eigenvalue weighted by molar-refractivity contribution is 5.94. The molecule has 3 aromatic carbocycles. The van der Waals surface area contributed by atoms with Gasteiger partial charge in [0.1, 0.15) is 0 Å². The van der Waals surface area contributed by atoms with Crippen molar-refractivity contribution in [1.29, 1.82) is 0 Å². The number of piperidine rings is 1. The molecule has 1 amide bonds. The van der Waals surface area contributed by atoms with Crippen molar-refractivity contribution in [3.8, 4) is 0 Å². The molecule has 29 heavy (non-hydrogen) atoms. The summed E-state index contributed by atoms with van der Waals surface area (Å²) in [6.45, 7) is 1.92. The van der Waals surface area contributed by atoms with E-state index in [0.29, 0.717) is 5.56 Å². The number of amides is 1. The zero-order valence-electron chi connectivity index (χ0n) is 16.7. The van der Waals surface area contributed by atoms with Gasteiger partial charge in [0, 0.05) is 17.0 Å². The quantitative estimate of drug-likeness (QED) is 0.663. The molecule has 1 heterocycles. The van der Waals surface area contributed by atoms with Gasteiger partial charge in [-0.1, -0.05) is 78.9 Å². The van der Waals surface area contributed by atoms with Gasteiger partial charge >= 0.3 is 0 Å². The Morgan fingerprint density at radius 1 is 0.828 bits per heavy atom. The van der Waals surface area contributed by atoms with Gasteiger partial charge in [-0.2, -0.15) is 0 Å². The summed E-state index contributed by atoms with van der Waals surface area (Å²) >= 11 is 0. The Kier molecular flexibility index (Phi) is 6.06. The van der Waals surface area contributed by atoms with Crippen molar-refractivity contribution in [2.75, 3.05) is 13.1 Å². The van der Waals surface area contributed by atoms with Crippen LogP contribution in [0.5, 0.6) is 0 Å². The molecule has 0 aliphatic carbocycles. The second-order valence-corrected chi connectivity index (χ2v) is 7.85. The van der Waals surface area contributed by atoms with Crippen LogP contribution >= 0.6 is 0 Å². The molecule has 148 valence electrons. The number of carbonyl (C=O) groups is 1. The molecule has 0 saturated carbocycles. The first-order chi connectivity index (χ1) is 14.3. The number of carbonyl (C=O) groups excluding carboxylic acids is 1. The fourth-order valence-electron chi connectivity index (χ4n) is 4.55. The van der Waals surface area contributed by atoms with E-state index in [4.69, 9.17) is 0 Å². The predicted molar refractivity (Wildman–Crippen MR) is 118 cm³/mol. The van der Waals surface area contributed by atoms with E-state index in [1.165, 1.54) is 11.1 Å². The van der Waals surface area contributed by atoms with E-state index >= 15 is 0 Å². The van der Waals surface area contributed by atoms with Gasteiger partial charge in [0.05, 0.1) is 0 Å². The van der Waals surface area contributed by atoms with Crippen molar-refractivity contribution in [3.05, 3.63) is 108 Å². The van der Waals surface area contributed by atoms with Crippen LogP contribution in [0.4, 0.5) is 0 Å². The summed E-state index contributed by atoms with van der Waals surface area (Å²) in [5.41, 5.74) is 3.19. The molecule has 1 aliphatic rings. The topological polar surface area (TPSA) is 41.1 Å². The van der Waals surface area contributed by atoms with Crippen LogP contribution < -0.4 is 10.6 Å². The van der Waals surface area contributed by atoms with Crippen LogP contribution in [-0.4, -0.2) is 25.0 Å². The lowest BCUT2D eigenvalue weighted by atomic mass is 9.66. The molecule has 1 fully saturated rings. The fraction of sp³-hybridized carbons (Fsp3) is 0.269. The average molecular weight is 385 g/mol. The molecule has 3 aromatic rings.